The van der Waals surface area contributed by atoms with Crippen LogP contribution in [-0.4, -0.2) is 67.7 Å². The summed E-state index contributed by atoms with van der Waals surface area (Å²) in [5, 5.41) is 10.6. The molecule has 1 heterocycles. The van der Waals surface area contributed by atoms with E-state index >= 15 is 0 Å². The second-order valence-corrected chi connectivity index (χ2v) is 9.95. The average Bonchev–Trinajstić information content (AvgIpc) is 3.42. The molecule has 2 aromatic rings. The van der Waals surface area contributed by atoms with Crippen molar-refractivity contribution in [3.05, 3.63) is 48.0 Å². The summed E-state index contributed by atoms with van der Waals surface area (Å²) >= 11 is 0. The Morgan fingerprint density at radius 3 is 2.30 bits per heavy atom. The van der Waals surface area contributed by atoms with Crippen LogP contribution < -0.4 is 16.0 Å². The lowest BCUT2D eigenvalue weighted by molar-refractivity contribution is -0.142. The lowest BCUT2D eigenvalue weighted by Gasteiger charge is -2.31. The Labute approximate surface area is 219 Å². The highest BCUT2D eigenvalue weighted by Crippen LogP contribution is 2.28. The third kappa shape index (κ3) is 7.61. The Kier molecular flexibility index (Phi) is 10.6. The van der Waals surface area contributed by atoms with E-state index in [0.29, 0.717) is 13.0 Å². The molecule has 200 valence electrons. The molecule has 2 fully saturated rings. The summed E-state index contributed by atoms with van der Waals surface area (Å²) in [7, 11) is 3.10. The lowest BCUT2D eigenvalue weighted by Crippen LogP contribution is -2.56. The summed E-state index contributed by atoms with van der Waals surface area (Å²) in [6.07, 6.45) is 6.07. The summed E-state index contributed by atoms with van der Waals surface area (Å²) in [4.78, 5) is 51.0. The number of ketones is 1. The predicted octanol–water partition coefficient (Wildman–Crippen LogP) is 2.73. The van der Waals surface area contributed by atoms with Crippen LogP contribution in [0.2, 0.25) is 0 Å². The molecule has 8 heteroatoms. The maximum absolute atomic E-state index is 12.8. The SMILES string of the molecule is CNCC(=O)N1CCCC1C(=O)NC(C(=O)C(=O)NC)C1CCCCC1.Cc1ccc2ccccc2c1. The Bertz CT molecular complexity index is 1100. The molecule has 8 nitrogen and oxygen atoms in total. The smallest absolute Gasteiger partial charge is 0.289 e. The summed E-state index contributed by atoms with van der Waals surface area (Å²) < 4.78 is 0. The van der Waals surface area contributed by atoms with E-state index < -0.39 is 23.8 Å². The Hall–Kier alpha value is -3.26. The summed E-state index contributed by atoms with van der Waals surface area (Å²) in [6.45, 7) is 2.83. The fourth-order valence-electron chi connectivity index (χ4n) is 5.28. The van der Waals surface area contributed by atoms with Crippen molar-refractivity contribution in [2.45, 2.75) is 64.0 Å². The van der Waals surface area contributed by atoms with Gasteiger partial charge >= 0.3 is 0 Å². The van der Waals surface area contributed by atoms with Crippen molar-refractivity contribution in [3.8, 4) is 0 Å². The van der Waals surface area contributed by atoms with Crippen LogP contribution in [0.5, 0.6) is 0 Å². The van der Waals surface area contributed by atoms with Gasteiger partial charge < -0.3 is 20.9 Å². The van der Waals surface area contributed by atoms with Crippen molar-refractivity contribution in [3.63, 3.8) is 0 Å². The monoisotopic (exact) mass is 508 g/mol. The Morgan fingerprint density at radius 2 is 1.62 bits per heavy atom. The van der Waals surface area contributed by atoms with Crippen molar-refractivity contribution in [1.29, 1.82) is 0 Å². The molecule has 37 heavy (non-hydrogen) atoms. The number of carbonyl (C=O) groups is 4. The minimum absolute atomic E-state index is 0.0274. The molecule has 0 spiro atoms. The van der Waals surface area contributed by atoms with Gasteiger partial charge in [-0.3, -0.25) is 19.2 Å². The maximum Gasteiger partial charge on any atom is 0.289 e. The third-order valence-corrected chi connectivity index (χ3v) is 7.26. The maximum atomic E-state index is 12.8. The van der Waals surface area contributed by atoms with Crippen molar-refractivity contribution in [1.82, 2.24) is 20.9 Å². The number of rotatable bonds is 7. The highest BCUT2D eigenvalue weighted by Gasteiger charge is 2.39. The summed E-state index contributed by atoms with van der Waals surface area (Å²) in [6, 6.07) is 13.5. The predicted molar refractivity (Wildman–Crippen MR) is 145 cm³/mol. The van der Waals surface area contributed by atoms with E-state index in [1.54, 1.807) is 11.9 Å². The Balaban J connectivity index is 0.000000284. The first kappa shape index (κ1) is 28.3. The van der Waals surface area contributed by atoms with Crippen LogP contribution in [0.25, 0.3) is 10.8 Å². The number of likely N-dealkylation sites (N-methyl/N-ethyl adjacent to an activating group) is 2. The zero-order valence-electron chi connectivity index (χ0n) is 22.2. The van der Waals surface area contributed by atoms with E-state index in [1.807, 2.05) is 0 Å². The molecule has 1 saturated carbocycles. The number of carbonyl (C=O) groups excluding carboxylic acids is 4. The molecule has 2 aromatic carbocycles. The average molecular weight is 509 g/mol. The molecule has 0 radical (unpaired) electrons. The van der Waals surface area contributed by atoms with E-state index in [4.69, 9.17) is 0 Å². The molecule has 1 aliphatic carbocycles. The van der Waals surface area contributed by atoms with Gasteiger partial charge in [0.15, 0.2) is 0 Å². The van der Waals surface area contributed by atoms with E-state index in [1.165, 1.54) is 23.4 Å². The molecule has 1 aliphatic heterocycles. The quantitative estimate of drug-likeness (QED) is 0.499. The van der Waals surface area contributed by atoms with Crippen molar-refractivity contribution in [2.24, 2.45) is 5.92 Å². The molecule has 4 rings (SSSR count). The number of nitrogens with one attached hydrogen (secondary N) is 3. The van der Waals surface area contributed by atoms with Gasteiger partial charge in [0.05, 0.1) is 6.54 Å². The molecule has 2 atom stereocenters. The molecular weight excluding hydrogens is 468 g/mol. The number of amides is 3. The number of aryl methyl sites for hydroxylation is 1. The molecular formula is C29H40N4O4. The van der Waals surface area contributed by atoms with Gasteiger partial charge in [0.1, 0.15) is 12.1 Å². The molecule has 2 unspecified atom stereocenters. The van der Waals surface area contributed by atoms with Crippen molar-refractivity contribution in [2.75, 3.05) is 27.2 Å². The highest BCUT2D eigenvalue weighted by molar-refractivity contribution is 6.38. The van der Waals surface area contributed by atoms with E-state index in [0.717, 1.165) is 38.5 Å². The van der Waals surface area contributed by atoms with Crippen LogP contribution in [0.4, 0.5) is 0 Å². The fourth-order valence-corrected chi connectivity index (χ4v) is 5.28. The van der Waals surface area contributed by atoms with Crippen molar-refractivity contribution >= 4 is 34.3 Å². The third-order valence-electron chi connectivity index (χ3n) is 7.26. The summed E-state index contributed by atoms with van der Waals surface area (Å²) in [5.74, 6) is -1.77. The minimum atomic E-state index is -0.815. The number of nitrogens with zero attached hydrogens (tertiary/aromatic N) is 1. The molecule has 3 N–H and O–H groups in total. The van der Waals surface area contributed by atoms with E-state index in [2.05, 4.69) is 65.3 Å². The number of hydrogen-bond donors (Lipinski definition) is 3. The largest absolute Gasteiger partial charge is 0.353 e. The van der Waals surface area contributed by atoms with Gasteiger partial charge in [0, 0.05) is 13.6 Å². The fraction of sp³-hybridized carbons (Fsp3) is 0.517. The first-order valence-corrected chi connectivity index (χ1v) is 13.3. The number of likely N-dealkylation sites (tertiary alicyclic amines) is 1. The first-order valence-electron chi connectivity index (χ1n) is 13.3. The molecule has 2 aliphatic rings. The number of benzene rings is 2. The first-order chi connectivity index (χ1) is 17.8. The molecule has 0 bridgehead atoms. The van der Waals surface area contributed by atoms with Crippen LogP contribution in [0, 0.1) is 12.8 Å². The van der Waals surface area contributed by atoms with Gasteiger partial charge in [-0.2, -0.15) is 0 Å². The topological polar surface area (TPSA) is 108 Å². The van der Waals surface area contributed by atoms with E-state index in [-0.39, 0.29) is 24.3 Å². The Morgan fingerprint density at radius 1 is 0.919 bits per heavy atom. The van der Waals surface area contributed by atoms with Crippen LogP contribution in [0.15, 0.2) is 42.5 Å². The number of fused-ring (bicyclic) bond motifs is 1. The van der Waals surface area contributed by atoms with Gasteiger partial charge in [0.2, 0.25) is 17.6 Å². The van der Waals surface area contributed by atoms with Gasteiger partial charge in [-0.05, 0) is 56.3 Å². The molecule has 3 amide bonds. The zero-order chi connectivity index (χ0) is 26.8. The summed E-state index contributed by atoms with van der Waals surface area (Å²) in [5.41, 5.74) is 1.32. The zero-order valence-corrected chi connectivity index (χ0v) is 22.2. The van der Waals surface area contributed by atoms with Crippen LogP contribution in [-0.2, 0) is 19.2 Å². The van der Waals surface area contributed by atoms with E-state index in [9.17, 15) is 19.2 Å². The lowest BCUT2D eigenvalue weighted by atomic mass is 9.82. The molecule has 0 aromatic heterocycles. The highest BCUT2D eigenvalue weighted by atomic mass is 16.2. The molecule has 1 saturated heterocycles. The van der Waals surface area contributed by atoms with Gasteiger partial charge in [0.25, 0.3) is 5.91 Å². The van der Waals surface area contributed by atoms with Gasteiger partial charge in [-0.1, -0.05) is 67.3 Å². The number of hydrogen-bond acceptors (Lipinski definition) is 5. The normalized spacial score (nSPS) is 18.5. The minimum Gasteiger partial charge on any atom is -0.353 e. The number of Topliss-reactive ketones (excluding diaryl/α,β-unsaturated/α-hetero) is 1. The second-order valence-electron chi connectivity index (χ2n) is 9.95. The second kappa shape index (κ2) is 13.9. The van der Waals surface area contributed by atoms with Crippen molar-refractivity contribution < 1.29 is 19.2 Å². The van der Waals surface area contributed by atoms with Gasteiger partial charge in [-0.25, -0.2) is 0 Å². The van der Waals surface area contributed by atoms with Crippen LogP contribution in [0.3, 0.4) is 0 Å². The van der Waals surface area contributed by atoms with Crippen LogP contribution >= 0.6 is 0 Å². The standard InChI is InChI=1S/C18H30N4O4.C11H10/c1-19-11-14(23)22-10-6-9-13(22)17(25)21-15(16(24)18(26)20-2)12-7-4-3-5-8-12;1-9-6-7-10-4-2-3-5-11(10)8-9/h12-13,15,19H,3-11H2,1-2H3,(H,20,26)(H,21,25);2-8H,1H3. The van der Waals surface area contributed by atoms with Crippen LogP contribution in [0.1, 0.15) is 50.5 Å². The van der Waals surface area contributed by atoms with Gasteiger partial charge in [-0.15, -0.1) is 0 Å².